The van der Waals surface area contributed by atoms with E-state index < -0.39 is 23.0 Å². The normalized spacial score (nSPS) is 31.2. The van der Waals surface area contributed by atoms with E-state index in [2.05, 4.69) is 24.1 Å². The highest BCUT2D eigenvalue weighted by Gasteiger charge is 2.73. The van der Waals surface area contributed by atoms with Crippen LogP contribution in [-0.2, 0) is 27.2 Å². The van der Waals surface area contributed by atoms with Crippen LogP contribution >= 0.6 is 0 Å². The van der Waals surface area contributed by atoms with Gasteiger partial charge in [-0.05, 0) is 74.8 Å². The molecule has 2 aromatic carbocycles. The summed E-state index contributed by atoms with van der Waals surface area (Å²) < 4.78 is 12.5. The van der Waals surface area contributed by atoms with Crippen molar-refractivity contribution in [3.8, 4) is 6.07 Å². The minimum Gasteiger partial charge on any atom is -0.441 e. The van der Waals surface area contributed by atoms with E-state index in [-0.39, 0.29) is 11.8 Å². The summed E-state index contributed by atoms with van der Waals surface area (Å²) in [4.78, 5) is 34.0. The number of hydrogen-bond donors (Lipinski definition) is 0. The number of oxazole rings is 1. The lowest BCUT2D eigenvalue weighted by molar-refractivity contribution is -0.130. The van der Waals surface area contributed by atoms with Crippen molar-refractivity contribution in [2.75, 3.05) is 4.90 Å². The van der Waals surface area contributed by atoms with Gasteiger partial charge in [-0.3, -0.25) is 9.59 Å². The number of aryl methyl sites for hydroxylation is 1. The molecule has 3 aliphatic heterocycles. The number of hydrogen-bond acceptors (Lipinski definition) is 6. The molecule has 38 heavy (non-hydrogen) atoms. The lowest BCUT2D eigenvalue weighted by Gasteiger charge is -2.31. The molecule has 1 aromatic heterocycles. The van der Waals surface area contributed by atoms with Gasteiger partial charge in [0.25, 0.3) is 0 Å². The van der Waals surface area contributed by atoms with E-state index in [4.69, 9.17) is 9.15 Å². The summed E-state index contributed by atoms with van der Waals surface area (Å²) in [6, 6.07) is 13.5. The third-order valence-corrected chi connectivity index (χ3v) is 9.15. The number of amides is 2. The summed E-state index contributed by atoms with van der Waals surface area (Å²) in [6.07, 6.45) is 8.34. The van der Waals surface area contributed by atoms with E-state index >= 15 is 0 Å². The van der Waals surface area contributed by atoms with Crippen molar-refractivity contribution in [2.24, 2.45) is 17.8 Å². The highest BCUT2D eigenvalue weighted by molar-refractivity contribution is 6.24. The summed E-state index contributed by atoms with van der Waals surface area (Å²) in [6.45, 7) is 4.09. The van der Waals surface area contributed by atoms with Crippen molar-refractivity contribution in [1.29, 1.82) is 5.26 Å². The van der Waals surface area contributed by atoms with Crippen LogP contribution < -0.4 is 4.90 Å². The van der Waals surface area contributed by atoms with Gasteiger partial charge in [0.2, 0.25) is 11.8 Å². The predicted octanol–water partition coefficient (Wildman–Crippen LogP) is 5.35. The Morgan fingerprint density at radius 2 is 1.95 bits per heavy atom. The quantitative estimate of drug-likeness (QED) is 0.432. The standard InChI is InChI=1S/C31H29N3O4/c1-18-9-11-20-21(16-18)19(17-32)10-12-23(20)34-28(35)26-27(29(34)36)31(15-14-30(26,2)38-31)13-5-8-25-33-22-6-3-4-7-24(22)37-25/h3-4,6-7,9-12,18,26-27H,5,8,13-16H2,1-2H3/t18?,26?,27-,30?,31?/m0/s1. The summed E-state index contributed by atoms with van der Waals surface area (Å²) in [5, 5.41) is 9.67. The summed E-state index contributed by atoms with van der Waals surface area (Å²) in [5.74, 6) is -0.382. The number of fused-ring (bicyclic) bond motifs is 7. The first kappa shape index (κ1) is 23.4. The number of anilines is 1. The zero-order valence-corrected chi connectivity index (χ0v) is 21.6. The molecule has 192 valence electrons. The van der Waals surface area contributed by atoms with Gasteiger partial charge in [-0.1, -0.05) is 31.2 Å². The fraction of sp³-hybridized carbons (Fsp3) is 0.419. The van der Waals surface area contributed by atoms with Crippen molar-refractivity contribution in [2.45, 2.75) is 63.6 Å². The maximum Gasteiger partial charge on any atom is 0.240 e. The van der Waals surface area contributed by atoms with E-state index in [1.807, 2.05) is 37.3 Å². The Hall–Kier alpha value is -3.76. The minimum absolute atomic E-state index is 0.177. The number of nitrogens with zero attached hydrogens (tertiary/aromatic N) is 3. The van der Waals surface area contributed by atoms with Crippen LogP contribution in [0.3, 0.4) is 0 Å². The van der Waals surface area contributed by atoms with Gasteiger partial charge in [-0.25, -0.2) is 9.88 Å². The molecule has 7 heteroatoms. The van der Waals surface area contributed by atoms with Gasteiger partial charge in [0.15, 0.2) is 11.5 Å². The molecule has 3 fully saturated rings. The number of benzene rings is 2. The summed E-state index contributed by atoms with van der Waals surface area (Å²) >= 11 is 0. The Labute approximate surface area is 221 Å². The number of imide groups is 1. The first-order chi connectivity index (χ1) is 18.3. The number of para-hydroxylation sites is 2. The zero-order chi connectivity index (χ0) is 26.2. The molecule has 2 bridgehead atoms. The Morgan fingerprint density at radius 1 is 1.13 bits per heavy atom. The van der Waals surface area contributed by atoms with Gasteiger partial charge < -0.3 is 9.15 Å². The molecule has 1 aliphatic carbocycles. The molecular weight excluding hydrogens is 478 g/mol. The molecule has 0 spiro atoms. The average molecular weight is 508 g/mol. The molecule has 5 atom stereocenters. The maximum absolute atomic E-state index is 14.1. The largest absolute Gasteiger partial charge is 0.441 e. The lowest BCUT2D eigenvalue weighted by Crippen LogP contribution is -2.42. The second-order valence-electron chi connectivity index (χ2n) is 11.6. The summed E-state index contributed by atoms with van der Waals surface area (Å²) in [5.41, 5.74) is 3.22. The molecule has 4 aliphatic rings. The number of carbonyl (C=O) groups excluding carboxylic acids is 2. The topological polar surface area (TPSA) is 96.4 Å². The Kier molecular flexibility index (Phi) is 4.99. The van der Waals surface area contributed by atoms with Crippen LogP contribution in [0.15, 0.2) is 46.9 Å². The maximum atomic E-state index is 14.1. The van der Waals surface area contributed by atoms with Crippen LogP contribution in [0.4, 0.5) is 5.69 Å². The number of carbonyl (C=O) groups is 2. The van der Waals surface area contributed by atoms with E-state index in [0.29, 0.717) is 42.3 Å². The second kappa shape index (κ2) is 8.12. The number of ether oxygens (including phenoxy) is 1. The Bertz CT molecular complexity index is 1550. The van der Waals surface area contributed by atoms with Crippen molar-refractivity contribution < 1.29 is 18.7 Å². The molecule has 0 saturated carbocycles. The average Bonchev–Trinajstić information content (AvgIpc) is 3.61. The van der Waals surface area contributed by atoms with E-state index in [0.717, 1.165) is 41.5 Å². The Balaban J connectivity index is 1.19. The monoisotopic (exact) mass is 507 g/mol. The lowest BCUT2D eigenvalue weighted by atomic mass is 9.67. The first-order valence-corrected chi connectivity index (χ1v) is 13.5. The molecular formula is C31H29N3O4. The molecule has 4 heterocycles. The summed E-state index contributed by atoms with van der Waals surface area (Å²) in [7, 11) is 0. The smallest absolute Gasteiger partial charge is 0.240 e. The van der Waals surface area contributed by atoms with Gasteiger partial charge in [-0.2, -0.15) is 5.26 Å². The van der Waals surface area contributed by atoms with E-state index in [1.54, 1.807) is 12.1 Å². The fourth-order valence-corrected chi connectivity index (χ4v) is 7.42. The van der Waals surface area contributed by atoms with Crippen molar-refractivity contribution in [3.05, 3.63) is 65.1 Å². The van der Waals surface area contributed by atoms with Gasteiger partial charge in [0.1, 0.15) is 5.52 Å². The van der Waals surface area contributed by atoms with Crippen LogP contribution in [0, 0.1) is 29.1 Å². The SMILES string of the molecule is CC1C=Cc2c(N3C(=O)C4[C@@H](C3=O)C3(CCCc5nc6ccccc6o5)CCC4(C)O3)ccc(C#N)c2C1. The van der Waals surface area contributed by atoms with Crippen LogP contribution in [0.1, 0.15) is 62.1 Å². The second-order valence-corrected chi connectivity index (χ2v) is 11.6. The molecule has 7 nitrogen and oxygen atoms in total. The molecule has 4 unspecified atom stereocenters. The molecule has 0 N–H and O–H groups in total. The van der Waals surface area contributed by atoms with Gasteiger partial charge in [-0.15, -0.1) is 0 Å². The predicted molar refractivity (Wildman–Crippen MR) is 141 cm³/mol. The fourth-order valence-electron chi connectivity index (χ4n) is 7.42. The van der Waals surface area contributed by atoms with Gasteiger partial charge >= 0.3 is 0 Å². The van der Waals surface area contributed by atoms with E-state index in [9.17, 15) is 14.9 Å². The molecule has 7 rings (SSSR count). The van der Waals surface area contributed by atoms with Gasteiger partial charge in [0, 0.05) is 12.0 Å². The first-order valence-electron chi connectivity index (χ1n) is 13.5. The molecule has 2 amide bonds. The van der Waals surface area contributed by atoms with Crippen LogP contribution in [0.2, 0.25) is 0 Å². The third kappa shape index (κ3) is 3.19. The third-order valence-electron chi connectivity index (χ3n) is 9.15. The highest BCUT2D eigenvalue weighted by atomic mass is 16.5. The highest BCUT2D eigenvalue weighted by Crippen LogP contribution is 2.63. The van der Waals surface area contributed by atoms with Crippen LogP contribution in [-0.4, -0.2) is 28.0 Å². The van der Waals surface area contributed by atoms with Crippen LogP contribution in [0.25, 0.3) is 17.2 Å². The number of aromatic nitrogens is 1. The van der Waals surface area contributed by atoms with Crippen molar-refractivity contribution >= 4 is 34.7 Å². The minimum atomic E-state index is -0.663. The van der Waals surface area contributed by atoms with Crippen molar-refractivity contribution in [1.82, 2.24) is 4.98 Å². The molecule has 3 saturated heterocycles. The molecule has 0 radical (unpaired) electrons. The van der Waals surface area contributed by atoms with E-state index in [1.165, 1.54) is 4.90 Å². The van der Waals surface area contributed by atoms with Crippen LogP contribution in [0.5, 0.6) is 0 Å². The molecule has 3 aromatic rings. The number of rotatable bonds is 5. The number of nitriles is 1. The van der Waals surface area contributed by atoms with Crippen molar-refractivity contribution in [3.63, 3.8) is 0 Å². The zero-order valence-electron chi connectivity index (χ0n) is 21.6. The Morgan fingerprint density at radius 3 is 2.76 bits per heavy atom. The number of allylic oxidation sites excluding steroid dienone is 1. The van der Waals surface area contributed by atoms with Gasteiger partial charge in [0.05, 0.1) is 40.4 Å².